The van der Waals surface area contributed by atoms with Gasteiger partial charge in [0.05, 0.1) is 18.6 Å². The van der Waals surface area contributed by atoms with Gasteiger partial charge in [0.25, 0.3) is 0 Å². The number of hydrogen-bond donors (Lipinski definition) is 1. The number of nitrogens with one attached hydrogen (secondary N) is 1. The van der Waals surface area contributed by atoms with Gasteiger partial charge in [-0.05, 0) is 36.6 Å². The highest BCUT2D eigenvalue weighted by molar-refractivity contribution is 5.74. The van der Waals surface area contributed by atoms with Crippen molar-refractivity contribution < 1.29 is 22.7 Å². The van der Waals surface area contributed by atoms with Gasteiger partial charge in [0.15, 0.2) is 0 Å². The van der Waals surface area contributed by atoms with Crippen LogP contribution in [-0.4, -0.2) is 26.2 Å². The molecule has 1 aromatic rings. The van der Waals surface area contributed by atoms with Gasteiger partial charge in [-0.25, -0.2) is 0 Å². The van der Waals surface area contributed by atoms with E-state index >= 15 is 0 Å². The Kier molecular flexibility index (Phi) is 4.32. The second-order valence-electron chi connectivity index (χ2n) is 4.85. The number of benzene rings is 1. The standard InChI is InChI=1S/C14H16F3NO2/c1-20-13(19)12-8-18-7-6-11(12)9-2-4-10(5-3-9)14(15,16)17/h2-5,11-12,18H,6-8H2,1H3/t11-,12-/m1/s1. The molecule has 2 rings (SSSR count). The molecule has 0 saturated carbocycles. The number of carbonyl (C=O) groups excluding carboxylic acids is 1. The number of esters is 1. The molecule has 110 valence electrons. The molecular weight excluding hydrogens is 271 g/mol. The highest BCUT2D eigenvalue weighted by Crippen LogP contribution is 2.34. The van der Waals surface area contributed by atoms with E-state index in [-0.39, 0.29) is 17.8 Å². The van der Waals surface area contributed by atoms with Crippen LogP contribution < -0.4 is 5.32 Å². The lowest BCUT2D eigenvalue weighted by atomic mass is 9.81. The molecule has 1 saturated heterocycles. The predicted molar refractivity (Wildman–Crippen MR) is 67.2 cm³/mol. The Balaban J connectivity index is 2.22. The maximum atomic E-state index is 12.5. The van der Waals surface area contributed by atoms with Crippen molar-refractivity contribution in [2.24, 2.45) is 5.92 Å². The first kappa shape index (κ1) is 14.8. The minimum atomic E-state index is -4.34. The maximum Gasteiger partial charge on any atom is 0.416 e. The molecule has 2 atom stereocenters. The average Bonchev–Trinajstić information content (AvgIpc) is 2.45. The summed E-state index contributed by atoms with van der Waals surface area (Å²) in [6.45, 7) is 1.22. The van der Waals surface area contributed by atoms with Gasteiger partial charge in [-0.2, -0.15) is 13.2 Å². The first-order valence-electron chi connectivity index (χ1n) is 6.39. The SMILES string of the molecule is COC(=O)[C@@H]1CNCC[C@@H]1c1ccc(C(F)(F)F)cc1. The number of halogens is 3. The van der Waals surface area contributed by atoms with Gasteiger partial charge in [-0.3, -0.25) is 4.79 Å². The minimum absolute atomic E-state index is 0.106. The molecule has 1 aromatic carbocycles. The molecule has 6 heteroatoms. The number of piperidine rings is 1. The Bertz CT molecular complexity index is 470. The monoisotopic (exact) mass is 287 g/mol. The number of rotatable bonds is 2. The molecule has 0 radical (unpaired) electrons. The Morgan fingerprint density at radius 1 is 1.30 bits per heavy atom. The fourth-order valence-corrected chi connectivity index (χ4v) is 2.58. The van der Waals surface area contributed by atoms with Crippen molar-refractivity contribution in [1.29, 1.82) is 0 Å². The van der Waals surface area contributed by atoms with E-state index < -0.39 is 11.7 Å². The first-order chi connectivity index (χ1) is 9.43. The van der Waals surface area contributed by atoms with Gasteiger partial charge in [0.2, 0.25) is 0 Å². The van der Waals surface area contributed by atoms with Gasteiger partial charge in [-0.15, -0.1) is 0 Å². The summed E-state index contributed by atoms with van der Waals surface area (Å²) in [6, 6.07) is 5.03. The van der Waals surface area contributed by atoms with Gasteiger partial charge in [-0.1, -0.05) is 12.1 Å². The molecule has 0 aromatic heterocycles. The van der Waals surface area contributed by atoms with Crippen molar-refractivity contribution in [3.8, 4) is 0 Å². The highest BCUT2D eigenvalue weighted by Gasteiger charge is 2.34. The zero-order valence-electron chi connectivity index (χ0n) is 11.0. The predicted octanol–water partition coefficient (Wildman–Crippen LogP) is 2.57. The number of hydrogen-bond acceptors (Lipinski definition) is 3. The van der Waals surface area contributed by atoms with Crippen LogP contribution >= 0.6 is 0 Å². The Morgan fingerprint density at radius 2 is 1.95 bits per heavy atom. The highest BCUT2D eigenvalue weighted by atomic mass is 19.4. The van der Waals surface area contributed by atoms with Gasteiger partial charge >= 0.3 is 12.1 Å². The van der Waals surface area contributed by atoms with Crippen molar-refractivity contribution in [2.75, 3.05) is 20.2 Å². The second kappa shape index (κ2) is 5.83. The molecular formula is C14H16F3NO2. The van der Waals surface area contributed by atoms with E-state index in [0.29, 0.717) is 13.0 Å². The maximum absolute atomic E-state index is 12.5. The largest absolute Gasteiger partial charge is 0.469 e. The minimum Gasteiger partial charge on any atom is -0.469 e. The smallest absolute Gasteiger partial charge is 0.416 e. The van der Waals surface area contributed by atoms with Crippen molar-refractivity contribution in [1.82, 2.24) is 5.32 Å². The number of ether oxygens (including phenoxy) is 1. The van der Waals surface area contributed by atoms with E-state index in [1.807, 2.05) is 0 Å². The van der Waals surface area contributed by atoms with Gasteiger partial charge in [0, 0.05) is 6.54 Å². The number of carbonyl (C=O) groups is 1. The van der Waals surface area contributed by atoms with Crippen LogP contribution in [0.3, 0.4) is 0 Å². The summed E-state index contributed by atoms with van der Waals surface area (Å²) < 4.78 is 42.4. The van der Waals surface area contributed by atoms with E-state index in [1.165, 1.54) is 19.2 Å². The lowest BCUT2D eigenvalue weighted by Crippen LogP contribution is -2.40. The third-order valence-corrected chi connectivity index (χ3v) is 3.65. The van der Waals surface area contributed by atoms with Crippen molar-refractivity contribution in [2.45, 2.75) is 18.5 Å². The fraction of sp³-hybridized carbons (Fsp3) is 0.500. The summed E-state index contributed by atoms with van der Waals surface area (Å²) in [6.07, 6.45) is -3.64. The van der Waals surface area contributed by atoms with Crippen molar-refractivity contribution >= 4 is 5.97 Å². The summed E-state index contributed by atoms with van der Waals surface area (Å²) in [7, 11) is 1.32. The molecule has 3 nitrogen and oxygen atoms in total. The quantitative estimate of drug-likeness (QED) is 0.850. The van der Waals surface area contributed by atoms with E-state index in [1.54, 1.807) is 0 Å². The molecule has 1 aliphatic rings. The van der Waals surface area contributed by atoms with Crippen LogP contribution in [-0.2, 0) is 15.7 Å². The molecule has 0 unspecified atom stereocenters. The molecule has 1 N–H and O–H groups in total. The lowest BCUT2D eigenvalue weighted by Gasteiger charge is -2.30. The molecule has 1 fully saturated rings. The molecule has 1 aliphatic heterocycles. The van der Waals surface area contributed by atoms with Crippen LogP contribution in [0.2, 0.25) is 0 Å². The lowest BCUT2D eigenvalue weighted by molar-refractivity contribution is -0.146. The summed E-state index contributed by atoms with van der Waals surface area (Å²) >= 11 is 0. The average molecular weight is 287 g/mol. The van der Waals surface area contributed by atoms with E-state index in [0.717, 1.165) is 24.2 Å². The zero-order valence-corrected chi connectivity index (χ0v) is 11.0. The number of alkyl halides is 3. The van der Waals surface area contributed by atoms with Crippen molar-refractivity contribution in [3.63, 3.8) is 0 Å². The van der Waals surface area contributed by atoms with Gasteiger partial charge < -0.3 is 10.1 Å². The molecule has 20 heavy (non-hydrogen) atoms. The summed E-state index contributed by atoms with van der Waals surface area (Å²) in [5, 5.41) is 3.10. The fourth-order valence-electron chi connectivity index (χ4n) is 2.58. The molecule has 0 amide bonds. The topological polar surface area (TPSA) is 38.3 Å². The van der Waals surface area contributed by atoms with E-state index in [9.17, 15) is 18.0 Å². The van der Waals surface area contributed by atoms with Crippen molar-refractivity contribution in [3.05, 3.63) is 35.4 Å². The molecule has 1 heterocycles. The van der Waals surface area contributed by atoms with E-state index in [2.05, 4.69) is 5.32 Å². The second-order valence-corrected chi connectivity index (χ2v) is 4.85. The van der Waals surface area contributed by atoms with Crippen LogP contribution in [0.1, 0.15) is 23.5 Å². The number of methoxy groups -OCH3 is 1. The summed E-state index contributed by atoms with van der Waals surface area (Å²) in [5.41, 5.74) is 0.0692. The normalized spacial score (nSPS) is 23.4. The summed E-state index contributed by atoms with van der Waals surface area (Å²) in [4.78, 5) is 11.7. The van der Waals surface area contributed by atoms with Crippen LogP contribution in [0.5, 0.6) is 0 Å². The van der Waals surface area contributed by atoms with Crippen LogP contribution in [0, 0.1) is 5.92 Å². The summed E-state index contributed by atoms with van der Waals surface area (Å²) in [5.74, 6) is -0.793. The third-order valence-electron chi connectivity index (χ3n) is 3.65. The van der Waals surface area contributed by atoms with Gasteiger partial charge in [0.1, 0.15) is 0 Å². The van der Waals surface area contributed by atoms with Crippen LogP contribution in [0.15, 0.2) is 24.3 Å². The molecule has 0 bridgehead atoms. The van der Waals surface area contributed by atoms with Crippen LogP contribution in [0.25, 0.3) is 0 Å². The van der Waals surface area contributed by atoms with E-state index in [4.69, 9.17) is 4.74 Å². The Labute approximate surface area is 115 Å². The first-order valence-corrected chi connectivity index (χ1v) is 6.39. The molecule has 0 spiro atoms. The Hall–Kier alpha value is -1.56. The Morgan fingerprint density at radius 3 is 2.50 bits per heavy atom. The zero-order chi connectivity index (χ0) is 14.8. The van der Waals surface area contributed by atoms with Crippen LogP contribution in [0.4, 0.5) is 13.2 Å². The molecule has 0 aliphatic carbocycles. The third kappa shape index (κ3) is 3.12.